The Morgan fingerprint density at radius 2 is 2.00 bits per heavy atom. The van der Waals surface area contributed by atoms with Crippen LogP contribution in [0.3, 0.4) is 0 Å². The summed E-state index contributed by atoms with van der Waals surface area (Å²) in [7, 11) is 0. The van der Waals surface area contributed by atoms with Crippen LogP contribution in [0.15, 0.2) is 24.3 Å². The van der Waals surface area contributed by atoms with Gasteiger partial charge in [0.25, 0.3) is 0 Å². The van der Waals surface area contributed by atoms with Crippen molar-refractivity contribution in [1.29, 1.82) is 0 Å². The minimum atomic E-state index is -0.903. The Morgan fingerprint density at radius 3 is 2.53 bits per heavy atom. The second kappa shape index (κ2) is 7.11. The summed E-state index contributed by atoms with van der Waals surface area (Å²) in [6.07, 6.45) is -0.155. The Labute approximate surface area is 117 Å². The van der Waals surface area contributed by atoms with E-state index in [1.54, 1.807) is 11.0 Å². The van der Waals surface area contributed by atoms with E-state index in [0.29, 0.717) is 18.1 Å². The molecule has 0 bridgehead atoms. The number of halogens is 1. The number of nitrogens with two attached hydrogens (primary N) is 2. The first-order valence-electron chi connectivity index (χ1n) is 6.01. The molecule has 0 radical (unpaired) electrons. The number of hydrogen-bond acceptors (Lipinski definition) is 3. The molecule has 0 aliphatic heterocycles. The van der Waals surface area contributed by atoms with Gasteiger partial charge < -0.3 is 16.4 Å². The maximum absolute atomic E-state index is 12.1. The van der Waals surface area contributed by atoms with E-state index in [4.69, 9.17) is 23.1 Å². The van der Waals surface area contributed by atoms with Gasteiger partial charge >= 0.3 is 0 Å². The molecule has 0 aliphatic carbocycles. The van der Waals surface area contributed by atoms with Crippen LogP contribution in [0.4, 0.5) is 0 Å². The van der Waals surface area contributed by atoms with Gasteiger partial charge in [0.15, 0.2) is 0 Å². The number of likely N-dealkylation sites (N-methyl/N-ethyl adjacent to an activating group) is 1. The van der Waals surface area contributed by atoms with Gasteiger partial charge in [-0.15, -0.1) is 0 Å². The number of carbonyl (C=O) groups is 2. The van der Waals surface area contributed by atoms with Gasteiger partial charge in [-0.3, -0.25) is 9.59 Å². The van der Waals surface area contributed by atoms with Crippen LogP contribution < -0.4 is 11.5 Å². The van der Waals surface area contributed by atoms with E-state index in [1.165, 1.54) is 0 Å². The van der Waals surface area contributed by atoms with Gasteiger partial charge in [0.05, 0.1) is 12.5 Å². The Balaban J connectivity index is 2.75. The number of amides is 2. The molecule has 4 N–H and O–H groups in total. The zero-order chi connectivity index (χ0) is 14.4. The largest absolute Gasteiger partial charge is 0.370 e. The third-order valence-corrected chi connectivity index (χ3v) is 3.12. The van der Waals surface area contributed by atoms with Crippen molar-refractivity contribution in [3.63, 3.8) is 0 Å². The number of nitrogens with zero attached hydrogens (tertiary/aromatic N) is 1. The molecule has 0 aromatic heterocycles. The smallest absolute Gasteiger partial charge is 0.240 e. The van der Waals surface area contributed by atoms with Crippen LogP contribution in [0.2, 0.25) is 5.02 Å². The van der Waals surface area contributed by atoms with Crippen molar-refractivity contribution < 1.29 is 9.59 Å². The lowest BCUT2D eigenvalue weighted by Crippen LogP contribution is -2.45. The molecule has 0 spiro atoms. The summed E-state index contributed by atoms with van der Waals surface area (Å²) in [6.45, 7) is 2.68. The highest BCUT2D eigenvalue weighted by Crippen LogP contribution is 2.17. The molecule has 0 aliphatic rings. The molecule has 1 atom stereocenters. The number of carbonyl (C=O) groups excluding carboxylic acids is 2. The quantitative estimate of drug-likeness (QED) is 0.812. The average Bonchev–Trinajstić information content (AvgIpc) is 2.36. The van der Waals surface area contributed by atoms with E-state index in [-0.39, 0.29) is 12.3 Å². The minimum absolute atomic E-state index is 0.155. The molecule has 1 aromatic carbocycles. The highest BCUT2D eigenvalue weighted by Gasteiger charge is 2.22. The Morgan fingerprint density at radius 1 is 1.37 bits per heavy atom. The van der Waals surface area contributed by atoms with Gasteiger partial charge in [0.2, 0.25) is 11.8 Å². The summed E-state index contributed by atoms with van der Waals surface area (Å²) in [6, 6.07) is 6.38. The third kappa shape index (κ3) is 4.54. The fourth-order valence-corrected chi connectivity index (χ4v) is 1.91. The summed E-state index contributed by atoms with van der Waals surface area (Å²) in [5.74, 6) is -0.893. The van der Waals surface area contributed by atoms with Crippen LogP contribution in [0.25, 0.3) is 0 Å². The highest BCUT2D eigenvalue weighted by atomic mass is 35.5. The molecular weight excluding hydrogens is 266 g/mol. The SMILES string of the molecule is CCN(Cc1ccccc1Cl)C(=O)C(N)CC(N)=O. The van der Waals surface area contributed by atoms with Crippen molar-refractivity contribution in [3.05, 3.63) is 34.9 Å². The zero-order valence-corrected chi connectivity index (χ0v) is 11.6. The fraction of sp³-hybridized carbons (Fsp3) is 0.385. The molecule has 0 saturated carbocycles. The van der Waals surface area contributed by atoms with Gasteiger partial charge in [-0.1, -0.05) is 29.8 Å². The number of primary amides is 1. The summed E-state index contributed by atoms with van der Waals surface area (Å²) in [5, 5.41) is 0.595. The van der Waals surface area contributed by atoms with Crippen LogP contribution in [0.1, 0.15) is 18.9 Å². The monoisotopic (exact) mass is 283 g/mol. The molecule has 104 valence electrons. The van der Waals surface area contributed by atoms with E-state index in [1.807, 2.05) is 25.1 Å². The van der Waals surface area contributed by atoms with Crippen LogP contribution in [-0.2, 0) is 16.1 Å². The molecule has 0 fully saturated rings. The van der Waals surface area contributed by atoms with Crippen molar-refractivity contribution in [3.8, 4) is 0 Å². The molecule has 1 rings (SSSR count). The predicted octanol–water partition coefficient (Wildman–Crippen LogP) is 0.891. The Hall–Kier alpha value is -1.59. The van der Waals surface area contributed by atoms with Crippen LogP contribution in [0.5, 0.6) is 0 Å². The van der Waals surface area contributed by atoms with Gasteiger partial charge in [-0.05, 0) is 18.6 Å². The predicted molar refractivity (Wildman–Crippen MR) is 74.3 cm³/mol. The van der Waals surface area contributed by atoms with E-state index < -0.39 is 11.9 Å². The van der Waals surface area contributed by atoms with Crippen molar-refractivity contribution >= 4 is 23.4 Å². The topological polar surface area (TPSA) is 89.4 Å². The van der Waals surface area contributed by atoms with E-state index in [9.17, 15) is 9.59 Å². The lowest BCUT2D eigenvalue weighted by Gasteiger charge is -2.24. The Bertz CT molecular complexity index is 465. The summed E-state index contributed by atoms with van der Waals surface area (Å²) in [4.78, 5) is 24.4. The maximum Gasteiger partial charge on any atom is 0.240 e. The molecule has 6 heteroatoms. The zero-order valence-electron chi connectivity index (χ0n) is 10.8. The molecule has 1 aromatic rings. The van der Waals surface area contributed by atoms with E-state index in [2.05, 4.69) is 0 Å². The van der Waals surface area contributed by atoms with Crippen LogP contribution >= 0.6 is 11.6 Å². The second-order valence-corrected chi connectivity index (χ2v) is 4.63. The van der Waals surface area contributed by atoms with Gasteiger partial charge in [0.1, 0.15) is 0 Å². The molecule has 5 nitrogen and oxygen atoms in total. The molecule has 2 amide bonds. The lowest BCUT2D eigenvalue weighted by molar-refractivity contribution is -0.135. The number of hydrogen-bond donors (Lipinski definition) is 2. The van der Waals surface area contributed by atoms with Crippen molar-refractivity contribution in [2.75, 3.05) is 6.54 Å². The van der Waals surface area contributed by atoms with Gasteiger partial charge in [-0.25, -0.2) is 0 Å². The van der Waals surface area contributed by atoms with Crippen molar-refractivity contribution in [1.82, 2.24) is 4.90 Å². The summed E-state index contributed by atoms with van der Waals surface area (Å²) in [5.41, 5.74) is 11.5. The second-order valence-electron chi connectivity index (χ2n) is 4.22. The Kier molecular flexibility index (Phi) is 5.79. The third-order valence-electron chi connectivity index (χ3n) is 2.75. The average molecular weight is 284 g/mol. The highest BCUT2D eigenvalue weighted by molar-refractivity contribution is 6.31. The molecule has 19 heavy (non-hydrogen) atoms. The standard InChI is InChI=1S/C13H18ClN3O2/c1-2-17(13(19)11(15)7-12(16)18)8-9-5-3-4-6-10(9)14/h3-6,11H,2,7-8,15H2,1H3,(H2,16,18). The maximum atomic E-state index is 12.1. The summed E-state index contributed by atoms with van der Waals surface area (Å²) < 4.78 is 0. The van der Waals surface area contributed by atoms with E-state index in [0.717, 1.165) is 5.56 Å². The van der Waals surface area contributed by atoms with E-state index >= 15 is 0 Å². The first-order valence-corrected chi connectivity index (χ1v) is 6.39. The molecule has 0 saturated heterocycles. The van der Waals surface area contributed by atoms with Crippen molar-refractivity contribution in [2.24, 2.45) is 11.5 Å². The fourth-order valence-electron chi connectivity index (χ4n) is 1.72. The lowest BCUT2D eigenvalue weighted by atomic mass is 10.1. The number of benzene rings is 1. The minimum Gasteiger partial charge on any atom is -0.370 e. The normalized spacial score (nSPS) is 11.9. The number of rotatable bonds is 6. The molecule has 0 heterocycles. The van der Waals surface area contributed by atoms with Gasteiger partial charge in [0, 0.05) is 18.1 Å². The van der Waals surface area contributed by atoms with Crippen LogP contribution in [-0.4, -0.2) is 29.3 Å². The van der Waals surface area contributed by atoms with Crippen LogP contribution in [0, 0.1) is 0 Å². The first-order chi connectivity index (χ1) is 8.95. The first kappa shape index (κ1) is 15.5. The van der Waals surface area contributed by atoms with Gasteiger partial charge in [-0.2, -0.15) is 0 Å². The molecule has 1 unspecified atom stereocenters. The molecular formula is C13H18ClN3O2. The van der Waals surface area contributed by atoms with Crippen molar-refractivity contribution in [2.45, 2.75) is 25.9 Å². The summed E-state index contributed by atoms with van der Waals surface area (Å²) >= 11 is 6.05.